The second kappa shape index (κ2) is 7.83. The van der Waals surface area contributed by atoms with E-state index in [4.69, 9.17) is 9.47 Å². The summed E-state index contributed by atoms with van der Waals surface area (Å²) in [6.07, 6.45) is -0.163. The molecule has 0 aliphatic heterocycles. The fraction of sp³-hybridized carbons (Fsp3) is 0.182. The average Bonchev–Trinajstić information content (AvgIpc) is 2.65. The molecule has 3 aromatic carbocycles. The number of carbonyl (C=O) groups excluding carboxylic acids is 2. The Kier molecular flexibility index (Phi) is 5.32. The molecule has 0 N–H and O–H groups in total. The Morgan fingerprint density at radius 2 is 1.54 bits per heavy atom. The molecule has 4 heteroatoms. The Morgan fingerprint density at radius 3 is 2.27 bits per heavy atom. The minimum Gasteiger partial charge on any atom is -0.459 e. The summed E-state index contributed by atoms with van der Waals surface area (Å²) in [5.74, 6) is -0.732. The molecule has 0 heterocycles. The summed E-state index contributed by atoms with van der Waals surface area (Å²) in [4.78, 5) is 24.3. The van der Waals surface area contributed by atoms with Gasteiger partial charge in [-0.25, -0.2) is 9.59 Å². The van der Waals surface area contributed by atoms with Crippen molar-refractivity contribution < 1.29 is 19.1 Å². The number of esters is 2. The molecule has 0 spiro atoms. The molecular weight excluding hydrogens is 328 g/mol. The fourth-order valence-electron chi connectivity index (χ4n) is 2.65. The van der Waals surface area contributed by atoms with E-state index in [1.165, 1.54) is 0 Å². The van der Waals surface area contributed by atoms with Gasteiger partial charge in [-0.15, -0.1) is 0 Å². The van der Waals surface area contributed by atoms with Crippen LogP contribution in [0.4, 0.5) is 0 Å². The van der Waals surface area contributed by atoms with Crippen molar-refractivity contribution in [2.75, 3.05) is 0 Å². The second-order valence-electron chi connectivity index (χ2n) is 6.25. The molecule has 0 atom stereocenters. The van der Waals surface area contributed by atoms with Crippen molar-refractivity contribution in [3.05, 3.63) is 83.4 Å². The highest BCUT2D eigenvalue weighted by atomic mass is 16.5. The highest BCUT2D eigenvalue weighted by Gasteiger charge is 2.12. The Balaban J connectivity index is 1.67. The molecular formula is C22H20O4. The number of ether oxygens (including phenoxy) is 2. The van der Waals surface area contributed by atoms with Gasteiger partial charge in [0.2, 0.25) is 0 Å². The highest BCUT2D eigenvalue weighted by Crippen LogP contribution is 2.20. The largest absolute Gasteiger partial charge is 0.459 e. The Hall–Kier alpha value is -3.14. The number of benzene rings is 3. The maximum Gasteiger partial charge on any atom is 0.339 e. The van der Waals surface area contributed by atoms with E-state index in [1.807, 2.05) is 36.4 Å². The summed E-state index contributed by atoms with van der Waals surface area (Å²) in [6.45, 7) is 3.75. The van der Waals surface area contributed by atoms with E-state index in [2.05, 4.69) is 0 Å². The molecule has 0 aromatic heterocycles. The van der Waals surface area contributed by atoms with Gasteiger partial charge in [-0.3, -0.25) is 0 Å². The molecule has 0 unspecified atom stereocenters. The normalized spacial score (nSPS) is 10.7. The van der Waals surface area contributed by atoms with Gasteiger partial charge in [-0.05, 0) is 48.4 Å². The molecule has 4 nitrogen and oxygen atoms in total. The lowest BCUT2D eigenvalue weighted by molar-refractivity contribution is 0.0376. The third-order valence-electron chi connectivity index (χ3n) is 3.91. The zero-order valence-corrected chi connectivity index (χ0v) is 14.8. The quantitative estimate of drug-likeness (QED) is 0.624. The third-order valence-corrected chi connectivity index (χ3v) is 3.91. The van der Waals surface area contributed by atoms with Gasteiger partial charge in [0.05, 0.1) is 17.2 Å². The zero-order chi connectivity index (χ0) is 18.5. The zero-order valence-electron chi connectivity index (χ0n) is 14.8. The first-order valence-corrected chi connectivity index (χ1v) is 8.49. The smallest absolute Gasteiger partial charge is 0.339 e. The van der Waals surface area contributed by atoms with E-state index >= 15 is 0 Å². The van der Waals surface area contributed by atoms with Crippen molar-refractivity contribution in [1.29, 1.82) is 0 Å². The van der Waals surface area contributed by atoms with Crippen LogP contribution in [0.5, 0.6) is 0 Å². The Bertz CT molecular complexity index is 921. The predicted molar refractivity (Wildman–Crippen MR) is 100 cm³/mol. The van der Waals surface area contributed by atoms with Gasteiger partial charge in [0.25, 0.3) is 0 Å². The first-order chi connectivity index (χ1) is 12.5. The lowest BCUT2D eigenvalue weighted by Crippen LogP contribution is -2.11. The van der Waals surface area contributed by atoms with E-state index in [0.29, 0.717) is 11.1 Å². The molecule has 0 aliphatic carbocycles. The molecule has 26 heavy (non-hydrogen) atoms. The lowest BCUT2D eigenvalue weighted by atomic mass is 10.0. The van der Waals surface area contributed by atoms with E-state index in [-0.39, 0.29) is 24.6 Å². The fourth-order valence-corrected chi connectivity index (χ4v) is 2.65. The molecule has 0 radical (unpaired) electrons. The standard InChI is InChI=1S/C22H20O4/c1-15(2)26-21(23)18-12-10-16(11-13-18)14-25-22(24)20-9-5-7-17-6-3-4-8-19(17)20/h3-13,15H,14H2,1-2H3. The molecule has 3 aromatic rings. The topological polar surface area (TPSA) is 52.6 Å². The number of hydrogen-bond donors (Lipinski definition) is 0. The highest BCUT2D eigenvalue weighted by molar-refractivity contribution is 6.04. The second-order valence-corrected chi connectivity index (χ2v) is 6.25. The number of carbonyl (C=O) groups is 2. The third kappa shape index (κ3) is 4.09. The Labute approximate surface area is 152 Å². The van der Waals surface area contributed by atoms with Crippen molar-refractivity contribution in [3.8, 4) is 0 Å². The lowest BCUT2D eigenvalue weighted by Gasteiger charge is -2.09. The summed E-state index contributed by atoms with van der Waals surface area (Å²) in [5.41, 5.74) is 1.82. The van der Waals surface area contributed by atoms with Gasteiger partial charge >= 0.3 is 11.9 Å². The van der Waals surface area contributed by atoms with Crippen molar-refractivity contribution in [1.82, 2.24) is 0 Å². The van der Waals surface area contributed by atoms with Gasteiger partial charge in [0.15, 0.2) is 0 Å². The predicted octanol–water partition coefficient (Wildman–Crippen LogP) is 4.76. The monoisotopic (exact) mass is 348 g/mol. The minimum absolute atomic E-state index is 0.140. The van der Waals surface area contributed by atoms with Crippen LogP contribution in [0.2, 0.25) is 0 Å². The summed E-state index contributed by atoms with van der Waals surface area (Å²) in [6, 6.07) is 20.1. The van der Waals surface area contributed by atoms with Crippen LogP contribution in [0.1, 0.15) is 40.1 Å². The molecule has 132 valence electrons. The SMILES string of the molecule is CC(C)OC(=O)c1ccc(COC(=O)c2cccc3ccccc23)cc1. The van der Waals surface area contributed by atoms with Gasteiger partial charge in [0.1, 0.15) is 6.61 Å². The summed E-state index contributed by atoms with van der Waals surface area (Å²) < 4.78 is 10.6. The van der Waals surface area contributed by atoms with Crippen LogP contribution in [-0.2, 0) is 16.1 Å². The molecule has 0 saturated carbocycles. The minimum atomic E-state index is -0.370. The van der Waals surface area contributed by atoms with Gasteiger partial charge < -0.3 is 9.47 Å². The van der Waals surface area contributed by atoms with Crippen molar-refractivity contribution in [3.63, 3.8) is 0 Å². The van der Waals surface area contributed by atoms with E-state index in [1.54, 1.807) is 44.2 Å². The van der Waals surface area contributed by atoms with E-state index < -0.39 is 0 Å². The van der Waals surface area contributed by atoms with Crippen LogP contribution in [0, 0.1) is 0 Å². The van der Waals surface area contributed by atoms with Gasteiger partial charge in [-0.1, -0.05) is 48.5 Å². The first kappa shape index (κ1) is 17.7. The Morgan fingerprint density at radius 1 is 0.846 bits per heavy atom. The van der Waals surface area contributed by atoms with Gasteiger partial charge in [-0.2, -0.15) is 0 Å². The maximum atomic E-state index is 12.4. The van der Waals surface area contributed by atoms with Crippen LogP contribution in [-0.4, -0.2) is 18.0 Å². The average molecular weight is 348 g/mol. The number of fused-ring (bicyclic) bond motifs is 1. The van der Waals surface area contributed by atoms with Crippen molar-refractivity contribution >= 4 is 22.7 Å². The maximum absolute atomic E-state index is 12.4. The molecule has 0 aliphatic rings. The first-order valence-electron chi connectivity index (χ1n) is 8.49. The molecule has 3 rings (SSSR count). The molecule has 0 fully saturated rings. The van der Waals surface area contributed by atoms with E-state index in [9.17, 15) is 9.59 Å². The molecule has 0 saturated heterocycles. The van der Waals surface area contributed by atoms with Crippen LogP contribution < -0.4 is 0 Å². The van der Waals surface area contributed by atoms with Crippen LogP contribution in [0.15, 0.2) is 66.7 Å². The van der Waals surface area contributed by atoms with Crippen molar-refractivity contribution in [2.45, 2.75) is 26.6 Å². The number of hydrogen-bond acceptors (Lipinski definition) is 4. The van der Waals surface area contributed by atoms with E-state index in [0.717, 1.165) is 16.3 Å². The van der Waals surface area contributed by atoms with Crippen LogP contribution in [0.25, 0.3) is 10.8 Å². The summed E-state index contributed by atoms with van der Waals surface area (Å²) in [5, 5.41) is 1.86. The van der Waals surface area contributed by atoms with Crippen LogP contribution in [0.3, 0.4) is 0 Å². The van der Waals surface area contributed by atoms with Crippen molar-refractivity contribution in [2.24, 2.45) is 0 Å². The summed E-state index contributed by atoms with van der Waals surface area (Å²) in [7, 11) is 0. The van der Waals surface area contributed by atoms with Gasteiger partial charge in [0, 0.05) is 0 Å². The molecule has 0 amide bonds. The molecule has 0 bridgehead atoms. The number of rotatable bonds is 5. The van der Waals surface area contributed by atoms with Crippen LogP contribution >= 0.6 is 0 Å². The summed E-state index contributed by atoms with van der Waals surface area (Å²) >= 11 is 0.